The SMILES string of the molecule is CC(C)N1C[C@]2(CCCN(S(=O)(=O)c3ccccc3F)C2)CCC1=O. The van der Waals surface area contributed by atoms with Crippen molar-refractivity contribution in [2.75, 3.05) is 19.6 Å². The molecule has 3 rings (SSSR count). The van der Waals surface area contributed by atoms with Crippen LogP contribution in [-0.4, -0.2) is 49.2 Å². The predicted octanol–water partition coefficient (Wildman–Crippen LogP) is 2.63. The average Bonchev–Trinajstić information content (AvgIpc) is 2.57. The third-order valence-corrected chi connectivity index (χ3v) is 7.28. The molecule has 0 saturated carbocycles. The van der Waals surface area contributed by atoms with Crippen LogP contribution in [0, 0.1) is 11.2 Å². The van der Waals surface area contributed by atoms with Gasteiger partial charge in [-0.2, -0.15) is 4.31 Å². The fraction of sp³-hybridized carbons (Fsp3) is 0.611. The number of nitrogens with zero attached hydrogens (tertiary/aromatic N) is 2. The number of piperidine rings is 2. The second-order valence-electron chi connectivity index (χ2n) is 7.49. The van der Waals surface area contributed by atoms with Crippen molar-refractivity contribution in [3.8, 4) is 0 Å². The van der Waals surface area contributed by atoms with Crippen LogP contribution in [0.15, 0.2) is 29.2 Å². The number of sulfonamides is 1. The van der Waals surface area contributed by atoms with E-state index in [-0.39, 0.29) is 22.3 Å². The number of likely N-dealkylation sites (tertiary alicyclic amines) is 1. The molecule has 0 bridgehead atoms. The quantitative estimate of drug-likeness (QED) is 0.824. The monoisotopic (exact) mass is 368 g/mol. The van der Waals surface area contributed by atoms with Crippen molar-refractivity contribution in [3.05, 3.63) is 30.1 Å². The van der Waals surface area contributed by atoms with Crippen molar-refractivity contribution >= 4 is 15.9 Å². The highest BCUT2D eigenvalue weighted by molar-refractivity contribution is 7.89. The second-order valence-corrected chi connectivity index (χ2v) is 9.39. The van der Waals surface area contributed by atoms with Gasteiger partial charge in [-0.1, -0.05) is 12.1 Å². The summed E-state index contributed by atoms with van der Waals surface area (Å²) < 4.78 is 41.3. The molecule has 2 fully saturated rings. The predicted molar refractivity (Wildman–Crippen MR) is 92.9 cm³/mol. The third kappa shape index (κ3) is 3.44. The summed E-state index contributed by atoms with van der Waals surface area (Å²) in [5.74, 6) is -0.584. The van der Waals surface area contributed by atoms with Crippen molar-refractivity contribution in [2.45, 2.75) is 50.5 Å². The molecule has 0 radical (unpaired) electrons. The molecule has 2 aliphatic rings. The maximum Gasteiger partial charge on any atom is 0.246 e. The molecule has 0 unspecified atom stereocenters. The smallest absolute Gasteiger partial charge is 0.246 e. The summed E-state index contributed by atoms with van der Waals surface area (Å²) in [5.41, 5.74) is -0.227. The fourth-order valence-corrected chi connectivity index (χ4v) is 5.67. The molecule has 2 saturated heterocycles. The van der Waals surface area contributed by atoms with Gasteiger partial charge in [-0.05, 0) is 45.2 Å². The molecule has 1 atom stereocenters. The topological polar surface area (TPSA) is 57.7 Å². The summed E-state index contributed by atoms with van der Waals surface area (Å²) >= 11 is 0. The molecular weight excluding hydrogens is 343 g/mol. The van der Waals surface area contributed by atoms with Gasteiger partial charge in [0, 0.05) is 37.5 Å². The van der Waals surface area contributed by atoms with Gasteiger partial charge in [0.25, 0.3) is 0 Å². The lowest BCUT2D eigenvalue weighted by molar-refractivity contribution is -0.140. The van der Waals surface area contributed by atoms with E-state index in [1.165, 1.54) is 28.6 Å². The van der Waals surface area contributed by atoms with Crippen LogP contribution in [0.1, 0.15) is 39.5 Å². The van der Waals surface area contributed by atoms with Crippen LogP contribution in [0.3, 0.4) is 0 Å². The van der Waals surface area contributed by atoms with Crippen LogP contribution in [0.5, 0.6) is 0 Å². The lowest BCUT2D eigenvalue weighted by Crippen LogP contribution is -2.56. The number of halogens is 1. The number of rotatable bonds is 3. The Morgan fingerprint density at radius 3 is 2.56 bits per heavy atom. The van der Waals surface area contributed by atoms with Crippen molar-refractivity contribution in [3.63, 3.8) is 0 Å². The van der Waals surface area contributed by atoms with Gasteiger partial charge >= 0.3 is 0 Å². The average molecular weight is 368 g/mol. The van der Waals surface area contributed by atoms with Crippen molar-refractivity contribution in [1.82, 2.24) is 9.21 Å². The minimum atomic E-state index is -3.86. The summed E-state index contributed by atoms with van der Waals surface area (Å²) in [6.07, 6.45) is 2.77. The van der Waals surface area contributed by atoms with Gasteiger partial charge in [-0.15, -0.1) is 0 Å². The number of hydrogen-bond donors (Lipinski definition) is 0. The Morgan fingerprint density at radius 2 is 1.88 bits per heavy atom. The van der Waals surface area contributed by atoms with E-state index in [0.717, 1.165) is 12.8 Å². The molecule has 0 aromatic heterocycles. The first-order chi connectivity index (χ1) is 11.8. The van der Waals surface area contributed by atoms with E-state index in [1.807, 2.05) is 18.7 Å². The molecule has 1 amide bonds. The first-order valence-corrected chi connectivity index (χ1v) is 10.2. The molecule has 1 aromatic rings. The molecule has 1 aromatic carbocycles. The Bertz CT molecular complexity index is 765. The van der Waals surface area contributed by atoms with E-state index in [0.29, 0.717) is 32.5 Å². The fourth-order valence-electron chi connectivity index (χ4n) is 4.01. The highest BCUT2D eigenvalue weighted by Gasteiger charge is 2.45. The third-order valence-electron chi connectivity index (χ3n) is 5.40. The van der Waals surface area contributed by atoms with E-state index < -0.39 is 15.8 Å². The van der Waals surface area contributed by atoms with Gasteiger partial charge in [-0.3, -0.25) is 4.79 Å². The Kier molecular flexibility index (Phi) is 4.90. The molecule has 1 spiro atoms. The molecule has 5 nitrogen and oxygen atoms in total. The van der Waals surface area contributed by atoms with Gasteiger partial charge in [0.05, 0.1) is 0 Å². The number of benzene rings is 1. The lowest BCUT2D eigenvalue weighted by Gasteiger charge is -2.48. The van der Waals surface area contributed by atoms with Crippen LogP contribution in [0.25, 0.3) is 0 Å². The maximum atomic E-state index is 14.0. The Morgan fingerprint density at radius 1 is 1.16 bits per heavy atom. The molecule has 138 valence electrons. The summed E-state index contributed by atoms with van der Waals surface area (Å²) in [5, 5.41) is 0. The number of carbonyl (C=O) groups is 1. The van der Waals surface area contributed by atoms with Gasteiger partial charge < -0.3 is 4.90 Å². The summed E-state index contributed by atoms with van der Waals surface area (Å²) in [7, 11) is -3.86. The van der Waals surface area contributed by atoms with E-state index in [1.54, 1.807) is 0 Å². The van der Waals surface area contributed by atoms with Gasteiger partial charge in [0.1, 0.15) is 10.7 Å². The Balaban J connectivity index is 1.86. The summed E-state index contributed by atoms with van der Waals surface area (Å²) in [6.45, 7) is 5.28. The largest absolute Gasteiger partial charge is 0.340 e. The van der Waals surface area contributed by atoms with Crippen LogP contribution < -0.4 is 0 Å². The molecule has 2 heterocycles. The summed E-state index contributed by atoms with van der Waals surface area (Å²) in [6, 6.07) is 5.61. The van der Waals surface area contributed by atoms with E-state index >= 15 is 0 Å². The van der Waals surface area contributed by atoms with Crippen LogP contribution in [0.4, 0.5) is 4.39 Å². The van der Waals surface area contributed by atoms with Crippen molar-refractivity contribution in [1.29, 1.82) is 0 Å². The van der Waals surface area contributed by atoms with Crippen LogP contribution >= 0.6 is 0 Å². The molecule has 0 aliphatic carbocycles. The minimum Gasteiger partial charge on any atom is -0.340 e. The molecule has 2 aliphatic heterocycles. The lowest BCUT2D eigenvalue weighted by atomic mass is 9.74. The number of carbonyl (C=O) groups excluding carboxylic acids is 1. The molecule has 0 N–H and O–H groups in total. The van der Waals surface area contributed by atoms with Crippen LogP contribution in [-0.2, 0) is 14.8 Å². The van der Waals surface area contributed by atoms with Gasteiger partial charge in [0.15, 0.2) is 0 Å². The molecular formula is C18H25FN2O3S. The normalized spacial score (nSPS) is 25.8. The minimum absolute atomic E-state index is 0.100. The zero-order valence-corrected chi connectivity index (χ0v) is 15.6. The number of amides is 1. The zero-order valence-electron chi connectivity index (χ0n) is 14.7. The van der Waals surface area contributed by atoms with Crippen LogP contribution in [0.2, 0.25) is 0 Å². The first kappa shape index (κ1) is 18.3. The van der Waals surface area contributed by atoms with E-state index in [2.05, 4.69) is 0 Å². The first-order valence-electron chi connectivity index (χ1n) is 8.79. The highest BCUT2D eigenvalue weighted by Crippen LogP contribution is 2.41. The van der Waals surface area contributed by atoms with Gasteiger partial charge in [-0.25, -0.2) is 12.8 Å². The van der Waals surface area contributed by atoms with E-state index in [9.17, 15) is 17.6 Å². The van der Waals surface area contributed by atoms with Crippen molar-refractivity contribution in [2.24, 2.45) is 5.41 Å². The molecule has 7 heteroatoms. The van der Waals surface area contributed by atoms with Crippen molar-refractivity contribution < 1.29 is 17.6 Å². The maximum absolute atomic E-state index is 14.0. The highest BCUT2D eigenvalue weighted by atomic mass is 32.2. The zero-order chi connectivity index (χ0) is 18.2. The van der Waals surface area contributed by atoms with E-state index in [4.69, 9.17) is 0 Å². The molecule has 25 heavy (non-hydrogen) atoms. The number of hydrogen-bond acceptors (Lipinski definition) is 3. The Labute approximate surface area is 148 Å². The summed E-state index contributed by atoms with van der Waals surface area (Å²) in [4.78, 5) is 13.7. The standard InChI is InChI=1S/C18H25FN2O3S/c1-14(2)21-13-18(10-8-17(21)22)9-5-11-20(12-18)25(23,24)16-7-4-3-6-15(16)19/h3-4,6-7,14H,5,8-13H2,1-2H3/t18-/m1/s1. The van der Waals surface area contributed by atoms with Gasteiger partial charge in [0.2, 0.25) is 15.9 Å². The Hall–Kier alpha value is -1.47. The second kappa shape index (κ2) is 6.68.